The van der Waals surface area contributed by atoms with E-state index in [1.807, 2.05) is 13.8 Å². The third-order valence-electron chi connectivity index (χ3n) is 7.80. The van der Waals surface area contributed by atoms with Crippen molar-refractivity contribution >= 4 is 23.6 Å². The van der Waals surface area contributed by atoms with Crippen LogP contribution in [0.15, 0.2) is 10.5 Å². The normalized spacial score (nSPS) is 26.6. The number of rotatable bonds is 3. The first-order valence-electron chi connectivity index (χ1n) is 11.5. The van der Waals surface area contributed by atoms with Crippen molar-refractivity contribution in [2.75, 3.05) is 0 Å². The number of benzene rings is 1. The van der Waals surface area contributed by atoms with Crippen LogP contribution in [0.5, 0.6) is 11.5 Å². The number of hydrogen-bond acceptors (Lipinski definition) is 5. The second-order valence-corrected chi connectivity index (χ2v) is 10.6. The summed E-state index contributed by atoms with van der Waals surface area (Å²) in [5, 5.41) is 20.1. The molecule has 0 spiro atoms. The molecular weight excluding hydrogens is 481 g/mol. The van der Waals surface area contributed by atoms with Crippen molar-refractivity contribution in [3.63, 3.8) is 0 Å². The number of ether oxygens (including phenoxy) is 2. The lowest BCUT2D eigenvalue weighted by Gasteiger charge is -2.50. The zero-order valence-corrected chi connectivity index (χ0v) is 19.7. The molecule has 1 aromatic heterocycles. The fourth-order valence-electron chi connectivity index (χ4n) is 6.50. The van der Waals surface area contributed by atoms with Crippen LogP contribution in [0.2, 0.25) is 0 Å². The van der Waals surface area contributed by atoms with Crippen LogP contribution in [0, 0.1) is 11.3 Å². The maximum absolute atomic E-state index is 13.2. The maximum Gasteiger partial charge on any atom is 0.573 e. The molecule has 2 N–H and O–H groups in total. The van der Waals surface area contributed by atoms with Crippen LogP contribution in [-0.4, -0.2) is 29.9 Å². The van der Waals surface area contributed by atoms with E-state index in [4.69, 9.17) is 4.42 Å². The van der Waals surface area contributed by atoms with E-state index in [0.717, 1.165) is 25.3 Å². The van der Waals surface area contributed by atoms with Gasteiger partial charge in [0.15, 0.2) is 11.5 Å². The van der Waals surface area contributed by atoms with Gasteiger partial charge in [0.2, 0.25) is 0 Å². The molecule has 0 amide bonds. The number of alkyl halides is 6. The Kier molecular flexibility index (Phi) is 6.11. The predicted octanol–water partition coefficient (Wildman–Crippen LogP) is 5.89. The average molecular weight is 508 g/mol. The van der Waals surface area contributed by atoms with Crippen molar-refractivity contribution in [3.05, 3.63) is 17.4 Å². The molecule has 2 aliphatic carbocycles. The van der Waals surface area contributed by atoms with Crippen molar-refractivity contribution in [1.29, 1.82) is 0 Å². The Bertz CT molecular complexity index is 1120. The molecule has 0 saturated heterocycles. The molecule has 1 aromatic carbocycles. The Morgan fingerprint density at radius 1 is 1.00 bits per heavy atom. The minimum absolute atomic E-state index is 0.0656. The summed E-state index contributed by atoms with van der Waals surface area (Å²) in [6, 6.07) is 0.820. The molecule has 1 fully saturated rings. The number of fused-ring (bicyclic) bond motifs is 5. The van der Waals surface area contributed by atoms with Crippen LogP contribution in [0.1, 0.15) is 77.0 Å². The zero-order chi connectivity index (χ0) is 26.1. The molecule has 194 valence electrons. The highest BCUT2D eigenvalue weighted by Gasteiger charge is 2.52. The van der Waals surface area contributed by atoms with E-state index in [2.05, 4.69) is 23.3 Å². The molecule has 0 aliphatic heterocycles. The molecule has 2 aliphatic rings. The van der Waals surface area contributed by atoms with Gasteiger partial charge >= 0.3 is 19.8 Å². The number of halogens is 6. The van der Waals surface area contributed by atoms with E-state index < -0.39 is 42.2 Å². The molecule has 35 heavy (non-hydrogen) atoms. The molecule has 4 rings (SSSR count). The second kappa shape index (κ2) is 8.23. The van der Waals surface area contributed by atoms with Crippen LogP contribution >= 0.6 is 0 Å². The molecule has 1 unspecified atom stereocenters. The SMILES string of the molecule is CC1CC[C@@H]2C(C)(C)CCC[C@@]2(C)c2c1oc1c(B(O)O)c(OC(F)(F)F)c(OC(F)(F)F)cc21. The molecule has 0 radical (unpaired) electrons. The summed E-state index contributed by atoms with van der Waals surface area (Å²) >= 11 is 0. The van der Waals surface area contributed by atoms with Crippen molar-refractivity contribution < 1.29 is 50.3 Å². The minimum atomic E-state index is -5.43. The fourth-order valence-corrected chi connectivity index (χ4v) is 6.50. The van der Waals surface area contributed by atoms with Gasteiger partial charge in [-0.05, 0) is 48.5 Å². The van der Waals surface area contributed by atoms with E-state index in [1.165, 1.54) is 0 Å². The second-order valence-electron chi connectivity index (χ2n) is 10.6. The van der Waals surface area contributed by atoms with E-state index in [9.17, 15) is 36.4 Å². The topological polar surface area (TPSA) is 72.1 Å². The van der Waals surface area contributed by atoms with Crippen LogP contribution in [0.3, 0.4) is 0 Å². The zero-order valence-electron chi connectivity index (χ0n) is 19.7. The molecule has 0 bridgehead atoms. The lowest BCUT2D eigenvalue weighted by atomic mass is 9.53. The molecule has 12 heteroatoms. The van der Waals surface area contributed by atoms with Gasteiger partial charge in [-0.1, -0.05) is 34.1 Å². The Morgan fingerprint density at radius 2 is 1.63 bits per heavy atom. The van der Waals surface area contributed by atoms with Crippen molar-refractivity contribution in [2.24, 2.45) is 11.3 Å². The first kappa shape index (κ1) is 26.0. The summed E-state index contributed by atoms with van der Waals surface area (Å²) in [5.74, 6) is -2.47. The summed E-state index contributed by atoms with van der Waals surface area (Å²) in [4.78, 5) is 0. The summed E-state index contributed by atoms with van der Waals surface area (Å²) in [6.07, 6.45) is -6.75. The van der Waals surface area contributed by atoms with Crippen LogP contribution in [0.25, 0.3) is 11.0 Å². The Hall–Kier alpha value is -2.08. The average Bonchev–Trinajstić information content (AvgIpc) is 2.99. The highest BCUT2D eigenvalue weighted by atomic mass is 19.4. The standard InChI is InChI=1S/C23H27BF6O5/c1-11-6-7-14-20(2,3)8-5-9-21(14,4)15-12-10-13(34-22(25,26)27)19(35-23(28,29)30)16(24(31)32)18(12)33-17(11)15/h10-11,14,31-32H,5-9H2,1-4H3/t11?,14-,21-/m1/s1. The largest absolute Gasteiger partial charge is 0.573 e. The summed E-state index contributed by atoms with van der Waals surface area (Å²) in [5.41, 5.74) is -1.39. The van der Waals surface area contributed by atoms with Gasteiger partial charge in [-0.2, -0.15) is 0 Å². The van der Waals surface area contributed by atoms with E-state index >= 15 is 0 Å². The molecular formula is C23H27BF6O5. The van der Waals surface area contributed by atoms with Crippen molar-refractivity contribution in [3.8, 4) is 11.5 Å². The van der Waals surface area contributed by atoms with Gasteiger partial charge < -0.3 is 23.9 Å². The maximum atomic E-state index is 13.2. The summed E-state index contributed by atoms with van der Waals surface area (Å²) < 4.78 is 92.9. The summed E-state index contributed by atoms with van der Waals surface area (Å²) in [6.45, 7) is 8.17. The van der Waals surface area contributed by atoms with E-state index in [0.29, 0.717) is 24.2 Å². The molecule has 1 saturated carbocycles. The molecule has 3 atom stereocenters. The van der Waals surface area contributed by atoms with E-state index in [-0.39, 0.29) is 28.2 Å². The van der Waals surface area contributed by atoms with Gasteiger partial charge in [0.25, 0.3) is 0 Å². The van der Waals surface area contributed by atoms with Crippen molar-refractivity contribution in [2.45, 2.75) is 83.9 Å². The third-order valence-corrected chi connectivity index (χ3v) is 7.80. The molecule has 5 nitrogen and oxygen atoms in total. The lowest BCUT2D eigenvalue weighted by Crippen LogP contribution is -2.44. The highest BCUT2D eigenvalue weighted by molar-refractivity contribution is 6.63. The van der Waals surface area contributed by atoms with Crippen LogP contribution in [-0.2, 0) is 5.41 Å². The highest BCUT2D eigenvalue weighted by Crippen LogP contribution is 2.60. The van der Waals surface area contributed by atoms with Gasteiger partial charge in [0.1, 0.15) is 11.3 Å². The third kappa shape index (κ3) is 4.59. The Labute approximate surface area is 198 Å². The Morgan fingerprint density at radius 3 is 2.20 bits per heavy atom. The lowest BCUT2D eigenvalue weighted by molar-refractivity contribution is -0.287. The fraction of sp³-hybridized carbons (Fsp3) is 0.652. The van der Waals surface area contributed by atoms with Gasteiger partial charge in [0, 0.05) is 16.9 Å². The van der Waals surface area contributed by atoms with Crippen LogP contribution in [0.4, 0.5) is 26.3 Å². The van der Waals surface area contributed by atoms with Gasteiger partial charge in [-0.15, -0.1) is 26.3 Å². The van der Waals surface area contributed by atoms with Crippen LogP contribution < -0.4 is 14.9 Å². The quantitative estimate of drug-likeness (QED) is 0.400. The smallest absolute Gasteiger partial charge is 0.461 e. The first-order valence-corrected chi connectivity index (χ1v) is 11.5. The van der Waals surface area contributed by atoms with Gasteiger partial charge in [0.05, 0.1) is 5.46 Å². The molecule has 2 aromatic rings. The number of furan rings is 1. The van der Waals surface area contributed by atoms with Gasteiger partial charge in [-0.25, -0.2) is 0 Å². The van der Waals surface area contributed by atoms with E-state index in [1.54, 1.807) is 0 Å². The minimum Gasteiger partial charge on any atom is -0.461 e. The first-order chi connectivity index (χ1) is 15.9. The number of hydrogen-bond donors (Lipinski definition) is 2. The summed E-state index contributed by atoms with van der Waals surface area (Å²) in [7, 11) is -2.62. The predicted molar refractivity (Wildman–Crippen MR) is 116 cm³/mol. The van der Waals surface area contributed by atoms with Gasteiger partial charge in [-0.3, -0.25) is 0 Å². The Balaban J connectivity index is 2.10. The molecule has 1 heterocycles. The monoisotopic (exact) mass is 508 g/mol. The van der Waals surface area contributed by atoms with Crippen molar-refractivity contribution in [1.82, 2.24) is 0 Å².